The lowest BCUT2D eigenvalue weighted by molar-refractivity contribution is 0.157. The largest absolute Gasteiger partial charge is 0.353 e. The summed E-state index contributed by atoms with van der Waals surface area (Å²) in [7, 11) is 0. The van der Waals surface area contributed by atoms with Crippen molar-refractivity contribution in [1.82, 2.24) is 14.9 Å². The van der Waals surface area contributed by atoms with E-state index in [9.17, 15) is 5.26 Å². The second-order valence-electron chi connectivity index (χ2n) is 5.57. The SMILES string of the molecule is Cc1cnc(C)c(N2CCN(C(C)(C)C#N)CC2)n1. The lowest BCUT2D eigenvalue weighted by Crippen LogP contribution is -2.54. The molecular weight excluding hydrogens is 238 g/mol. The monoisotopic (exact) mass is 259 g/mol. The Hall–Kier alpha value is -1.67. The minimum Gasteiger partial charge on any atom is -0.353 e. The maximum absolute atomic E-state index is 9.18. The quantitative estimate of drug-likeness (QED) is 0.806. The number of aryl methyl sites for hydroxylation is 2. The second kappa shape index (κ2) is 5.14. The van der Waals surface area contributed by atoms with Gasteiger partial charge in [0.05, 0.1) is 17.5 Å². The molecule has 0 amide bonds. The molecule has 0 unspecified atom stereocenters. The highest BCUT2D eigenvalue weighted by atomic mass is 15.3. The Balaban J connectivity index is 2.08. The van der Waals surface area contributed by atoms with E-state index in [1.54, 1.807) is 6.20 Å². The molecule has 1 aliphatic rings. The van der Waals surface area contributed by atoms with Crippen LogP contribution in [0.3, 0.4) is 0 Å². The molecule has 0 radical (unpaired) electrons. The molecule has 0 N–H and O–H groups in total. The molecule has 5 heteroatoms. The van der Waals surface area contributed by atoms with Gasteiger partial charge in [0, 0.05) is 32.4 Å². The second-order valence-corrected chi connectivity index (χ2v) is 5.57. The average molecular weight is 259 g/mol. The van der Waals surface area contributed by atoms with E-state index in [-0.39, 0.29) is 5.54 Å². The molecule has 19 heavy (non-hydrogen) atoms. The average Bonchev–Trinajstić information content (AvgIpc) is 2.42. The number of piperazine rings is 1. The molecule has 5 nitrogen and oxygen atoms in total. The summed E-state index contributed by atoms with van der Waals surface area (Å²) in [5.74, 6) is 0.981. The zero-order valence-electron chi connectivity index (χ0n) is 12.1. The number of aromatic nitrogens is 2. The van der Waals surface area contributed by atoms with Crippen molar-refractivity contribution in [1.29, 1.82) is 5.26 Å². The fraction of sp³-hybridized carbons (Fsp3) is 0.643. The zero-order chi connectivity index (χ0) is 14.0. The first kappa shape index (κ1) is 13.8. The Labute approximate surface area is 114 Å². The van der Waals surface area contributed by atoms with Crippen molar-refractivity contribution < 1.29 is 0 Å². The number of anilines is 1. The van der Waals surface area contributed by atoms with Crippen LogP contribution >= 0.6 is 0 Å². The van der Waals surface area contributed by atoms with E-state index in [2.05, 4.69) is 25.8 Å². The molecule has 1 aromatic rings. The highest BCUT2D eigenvalue weighted by molar-refractivity contribution is 5.43. The predicted molar refractivity (Wildman–Crippen MR) is 75.0 cm³/mol. The van der Waals surface area contributed by atoms with Crippen LogP contribution in [0, 0.1) is 25.2 Å². The van der Waals surface area contributed by atoms with Crippen LogP contribution in [0.1, 0.15) is 25.2 Å². The molecule has 0 aromatic carbocycles. The standard InChI is InChI=1S/C14H21N5/c1-11-9-16-12(2)13(17-11)18-5-7-19(8-6-18)14(3,4)10-15/h9H,5-8H2,1-4H3. The molecule has 0 spiro atoms. The van der Waals surface area contributed by atoms with Gasteiger partial charge in [-0.1, -0.05) is 0 Å². The Kier molecular flexibility index (Phi) is 3.72. The molecule has 1 saturated heterocycles. The van der Waals surface area contributed by atoms with Gasteiger partial charge in [-0.05, 0) is 27.7 Å². The maximum atomic E-state index is 9.18. The summed E-state index contributed by atoms with van der Waals surface area (Å²) in [6, 6.07) is 2.37. The van der Waals surface area contributed by atoms with Crippen molar-refractivity contribution in [3.63, 3.8) is 0 Å². The molecule has 0 bridgehead atoms. The molecule has 1 aromatic heterocycles. The van der Waals surface area contributed by atoms with Crippen LogP contribution in [0.4, 0.5) is 5.82 Å². The van der Waals surface area contributed by atoms with Crippen molar-refractivity contribution in [3.05, 3.63) is 17.6 Å². The summed E-state index contributed by atoms with van der Waals surface area (Å²) < 4.78 is 0. The van der Waals surface area contributed by atoms with Gasteiger partial charge in [0.25, 0.3) is 0 Å². The van der Waals surface area contributed by atoms with Crippen molar-refractivity contribution in [2.45, 2.75) is 33.2 Å². The minimum absolute atomic E-state index is 0.389. The highest BCUT2D eigenvalue weighted by Crippen LogP contribution is 2.21. The lowest BCUT2D eigenvalue weighted by Gasteiger charge is -2.41. The Morgan fingerprint density at radius 1 is 1.21 bits per heavy atom. The van der Waals surface area contributed by atoms with Gasteiger partial charge in [0.1, 0.15) is 11.4 Å². The van der Waals surface area contributed by atoms with E-state index < -0.39 is 0 Å². The summed E-state index contributed by atoms with van der Waals surface area (Å²) in [6.45, 7) is 11.5. The van der Waals surface area contributed by atoms with Gasteiger partial charge in [-0.2, -0.15) is 5.26 Å². The van der Waals surface area contributed by atoms with E-state index in [1.165, 1.54) is 0 Å². The molecule has 2 rings (SSSR count). The Morgan fingerprint density at radius 2 is 1.84 bits per heavy atom. The molecule has 0 atom stereocenters. The van der Waals surface area contributed by atoms with Gasteiger partial charge >= 0.3 is 0 Å². The van der Waals surface area contributed by atoms with Crippen LogP contribution in [-0.2, 0) is 0 Å². The van der Waals surface area contributed by atoms with E-state index in [4.69, 9.17) is 0 Å². The summed E-state index contributed by atoms with van der Waals surface area (Å²) in [4.78, 5) is 13.4. The third kappa shape index (κ3) is 2.85. The van der Waals surface area contributed by atoms with Crippen LogP contribution in [0.15, 0.2) is 6.20 Å². The number of hydrogen-bond donors (Lipinski definition) is 0. The Bertz CT molecular complexity index is 495. The van der Waals surface area contributed by atoms with E-state index in [0.717, 1.165) is 43.4 Å². The molecule has 0 aliphatic carbocycles. The first-order chi connectivity index (χ1) is 8.94. The van der Waals surface area contributed by atoms with Crippen molar-refractivity contribution in [2.75, 3.05) is 31.1 Å². The first-order valence-corrected chi connectivity index (χ1v) is 6.65. The summed E-state index contributed by atoms with van der Waals surface area (Å²) in [5.41, 5.74) is 1.53. The topological polar surface area (TPSA) is 56.1 Å². The Morgan fingerprint density at radius 3 is 2.42 bits per heavy atom. The lowest BCUT2D eigenvalue weighted by atomic mass is 10.0. The molecule has 0 saturated carbocycles. The minimum atomic E-state index is -0.389. The molecule has 102 valence electrons. The molecule has 2 heterocycles. The number of nitriles is 1. The summed E-state index contributed by atoms with van der Waals surface area (Å²) >= 11 is 0. The zero-order valence-corrected chi connectivity index (χ0v) is 12.1. The smallest absolute Gasteiger partial charge is 0.150 e. The third-order valence-electron chi connectivity index (χ3n) is 3.69. The van der Waals surface area contributed by atoms with Gasteiger partial charge in [-0.3, -0.25) is 9.88 Å². The molecular formula is C14H21N5. The van der Waals surface area contributed by atoms with Crippen LogP contribution < -0.4 is 4.90 Å². The van der Waals surface area contributed by atoms with Gasteiger partial charge in [0.2, 0.25) is 0 Å². The normalized spacial score (nSPS) is 17.3. The van der Waals surface area contributed by atoms with Crippen molar-refractivity contribution in [2.24, 2.45) is 0 Å². The van der Waals surface area contributed by atoms with Crippen LogP contribution in [0.25, 0.3) is 0 Å². The van der Waals surface area contributed by atoms with Gasteiger partial charge in [-0.15, -0.1) is 0 Å². The van der Waals surface area contributed by atoms with Gasteiger partial charge < -0.3 is 4.90 Å². The van der Waals surface area contributed by atoms with Crippen LogP contribution in [0.5, 0.6) is 0 Å². The molecule has 1 aliphatic heterocycles. The summed E-state index contributed by atoms with van der Waals surface area (Å²) in [5, 5.41) is 9.18. The number of rotatable bonds is 2. The van der Waals surface area contributed by atoms with E-state index >= 15 is 0 Å². The predicted octanol–water partition coefficient (Wildman–Crippen LogP) is 1.52. The molecule has 1 fully saturated rings. The van der Waals surface area contributed by atoms with Gasteiger partial charge in [0.15, 0.2) is 0 Å². The van der Waals surface area contributed by atoms with Crippen molar-refractivity contribution >= 4 is 5.82 Å². The van der Waals surface area contributed by atoms with Crippen molar-refractivity contribution in [3.8, 4) is 6.07 Å². The van der Waals surface area contributed by atoms with Gasteiger partial charge in [-0.25, -0.2) is 4.98 Å². The fourth-order valence-corrected chi connectivity index (χ4v) is 2.37. The maximum Gasteiger partial charge on any atom is 0.150 e. The van der Waals surface area contributed by atoms with Crippen LogP contribution in [-0.4, -0.2) is 46.6 Å². The fourth-order valence-electron chi connectivity index (χ4n) is 2.37. The summed E-state index contributed by atoms with van der Waals surface area (Å²) in [6.07, 6.45) is 1.80. The third-order valence-corrected chi connectivity index (χ3v) is 3.69. The van der Waals surface area contributed by atoms with E-state index in [0.29, 0.717) is 0 Å². The first-order valence-electron chi connectivity index (χ1n) is 6.65. The van der Waals surface area contributed by atoms with E-state index in [1.807, 2.05) is 27.7 Å². The highest BCUT2D eigenvalue weighted by Gasteiger charge is 2.30. The number of nitrogens with zero attached hydrogens (tertiary/aromatic N) is 5. The number of hydrogen-bond acceptors (Lipinski definition) is 5. The van der Waals surface area contributed by atoms with Crippen LogP contribution in [0.2, 0.25) is 0 Å².